The Kier molecular flexibility index (Phi) is 4.76. The molecule has 138 valence electrons. The van der Waals surface area contributed by atoms with Crippen molar-refractivity contribution in [3.05, 3.63) is 16.8 Å². The molecule has 1 N–H and O–H groups in total. The molecule has 2 aliphatic rings. The molecule has 0 atom stereocenters. The highest BCUT2D eigenvalue weighted by Gasteiger charge is 2.26. The van der Waals surface area contributed by atoms with Crippen molar-refractivity contribution in [2.45, 2.75) is 38.5 Å². The lowest BCUT2D eigenvalue weighted by molar-refractivity contribution is -0.141. The van der Waals surface area contributed by atoms with Gasteiger partial charge in [0.25, 0.3) is 0 Å². The SMILES string of the molecule is O=C(O)CCC(=O)N1CCN(c2ncnc3sc4c(c23)CCCC4)CC1. The van der Waals surface area contributed by atoms with Gasteiger partial charge in [-0.25, -0.2) is 9.97 Å². The summed E-state index contributed by atoms with van der Waals surface area (Å²) in [6.07, 6.45) is 6.32. The molecular formula is C18H22N4O3S. The first-order valence-electron chi connectivity index (χ1n) is 9.13. The molecule has 0 radical (unpaired) electrons. The van der Waals surface area contributed by atoms with E-state index in [9.17, 15) is 9.59 Å². The molecule has 1 fully saturated rings. The smallest absolute Gasteiger partial charge is 0.303 e. The van der Waals surface area contributed by atoms with Crippen LogP contribution in [0.2, 0.25) is 0 Å². The van der Waals surface area contributed by atoms with Gasteiger partial charge in [-0.2, -0.15) is 0 Å². The van der Waals surface area contributed by atoms with Crippen LogP contribution in [0.25, 0.3) is 10.2 Å². The molecule has 1 aliphatic carbocycles. The molecule has 0 aromatic carbocycles. The summed E-state index contributed by atoms with van der Waals surface area (Å²) in [7, 11) is 0. The zero-order chi connectivity index (χ0) is 18.1. The molecule has 4 rings (SSSR count). The summed E-state index contributed by atoms with van der Waals surface area (Å²) in [5.41, 5.74) is 1.42. The van der Waals surface area contributed by atoms with Gasteiger partial charge in [-0.1, -0.05) is 0 Å². The van der Waals surface area contributed by atoms with Crippen LogP contribution in [0.3, 0.4) is 0 Å². The normalized spacial score (nSPS) is 17.4. The molecule has 0 unspecified atom stereocenters. The number of aromatic nitrogens is 2. The van der Waals surface area contributed by atoms with Crippen molar-refractivity contribution in [3.8, 4) is 0 Å². The molecular weight excluding hydrogens is 352 g/mol. The number of nitrogens with zero attached hydrogens (tertiary/aromatic N) is 4. The lowest BCUT2D eigenvalue weighted by atomic mass is 9.97. The van der Waals surface area contributed by atoms with Crippen LogP contribution < -0.4 is 4.90 Å². The summed E-state index contributed by atoms with van der Waals surface area (Å²) < 4.78 is 0. The van der Waals surface area contributed by atoms with E-state index in [4.69, 9.17) is 5.11 Å². The predicted octanol–water partition coefficient (Wildman–Crippen LogP) is 2.08. The average Bonchev–Trinajstić information content (AvgIpc) is 3.05. The van der Waals surface area contributed by atoms with Crippen LogP contribution in [0.5, 0.6) is 0 Å². The number of fused-ring (bicyclic) bond motifs is 3. The van der Waals surface area contributed by atoms with Gasteiger partial charge in [0, 0.05) is 37.5 Å². The second-order valence-electron chi connectivity index (χ2n) is 6.85. The van der Waals surface area contributed by atoms with Gasteiger partial charge in [0.1, 0.15) is 17.0 Å². The van der Waals surface area contributed by atoms with Crippen LogP contribution >= 0.6 is 11.3 Å². The summed E-state index contributed by atoms with van der Waals surface area (Å²) in [4.78, 5) is 38.4. The monoisotopic (exact) mass is 374 g/mol. The zero-order valence-corrected chi connectivity index (χ0v) is 15.4. The van der Waals surface area contributed by atoms with Crippen LogP contribution in [0, 0.1) is 0 Å². The molecule has 2 aromatic heterocycles. The molecule has 1 amide bonds. The first-order valence-corrected chi connectivity index (χ1v) is 9.95. The number of carboxylic acids is 1. The maximum Gasteiger partial charge on any atom is 0.303 e. The Balaban J connectivity index is 1.50. The van der Waals surface area contributed by atoms with E-state index in [1.54, 1.807) is 22.6 Å². The lowest BCUT2D eigenvalue weighted by Crippen LogP contribution is -2.49. The minimum Gasteiger partial charge on any atom is -0.481 e. The number of aryl methyl sites for hydroxylation is 2. The Hall–Kier alpha value is -2.22. The number of carboxylic acid groups (broad SMARTS) is 1. The standard InChI is InChI=1S/C18H22N4O3S/c23-14(5-6-15(24)25)21-7-9-22(10-8-21)17-16-12-3-1-2-4-13(12)26-18(16)20-11-19-17/h11H,1-10H2,(H,24,25). The predicted molar refractivity (Wildman–Crippen MR) is 99.7 cm³/mol. The van der Waals surface area contributed by atoms with Crippen molar-refractivity contribution in [1.29, 1.82) is 0 Å². The molecule has 1 saturated heterocycles. The van der Waals surface area contributed by atoms with Crippen LogP contribution in [0.4, 0.5) is 5.82 Å². The maximum absolute atomic E-state index is 12.1. The summed E-state index contributed by atoms with van der Waals surface area (Å²) in [6, 6.07) is 0. The number of aliphatic carboxylic acids is 1. The quantitative estimate of drug-likeness (QED) is 0.882. The molecule has 1 aliphatic heterocycles. The largest absolute Gasteiger partial charge is 0.481 e. The van der Waals surface area contributed by atoms with E-state index in [2.05, 4.69) is 14.9 Å². The molecule has 0 saturated carbocycles. The van der Waals surface area contributed by atoms with Gasteiger partial charge < -0.3 is 14.9 Å². The number of piperazine rings is 1. The number of rotatable bonds is 4. The zero-order valence-electron chi connectivity index (χ0n) is 14.6. The second kappa shape index (κ2) is 7.19. The van der Waals surface area contributed by atoms with E-state index in [0.717, 1.165) is 36.6 Å². The van der Waals surface area contributed by atoms with Gasteiger partial charge in [-0.3, -0.25) is 9.59 Å². The topological polar surface area (TPSA) is 86.6 Å². The van der Waals surface area contributed by atoms with Crippen LogP contribution in [-0.2, 0) is 22.4 Å². The number of thiophene rings is 1. The van der Waals surface area contributed by atoms with Crippen LogP contribution in [0.1, 0.15) is 36.1 Å². The van der Waals surface area contributed by atoms with Gasteiger partial charge in [-0.15, -0.1) is 11.3 Å². The fourth-order valence-corrected chi connectivity index (χ4v) is 5.08. The Morgan fingerprint density at radius 3 is 2.62 bits per heavy atom. The number of hydrogen-bond acceptors (Lipinski definition) is 6. The highest BCUT2D eigenvalue weighted by Crippen LogP contribution is 2.39. The third-order valence-electron chi connectivity index (χ3n) is 5.22. The number of carbonyl (C=O) groups excluding carboxylic acids is 1. The van der Waals surface area contributed by atoms with E-state index in [1.165, 1.54) is 28.7 Å². The Morgan fingerprint density at radius 2 is 1.85 bits per heavy atom. The first kappa shape index (κ1) is 17.2. The van der Waals surface area contributed by atoms with Crippen molar-refractivity contribution >= 4 is 39.2 Å². The lowest BCUT2D eigenvalue weighted by Gasteiger charge is -2.35. The number of carbonyl (C=O) groups is 2. The van der Waals surface area contributed by atoms with Crippen LogP contribution in [-0.4, -0.2) is 58.0 Å². The highest BCUT2D eigenvalue weighted by molar-refractivity contribution is 7.19. The van der Waals surface area contributed by atoms with Crippen molar-refractivity contribution in [1.82, 2.24) is 14.9 Å². The molecule has 7 nitrogen and oxygen atoms in total. The molecule has 2 aromatic rings. The Labute approximate surface area is 155 Å². The summed E-state index contributed by atoms with van der Waals surface area (Å²) in [6.45, 7) is 2.65. The van der Waals surface area contributed by atoms with Gasteiger partial charge in [-0.05, 0) is 31.2 Å². The minimum atomic E-state index is -0.928. The van der Waals surface area contributed by atoms with E-state index >= 15 is 0 Å². The van der Waals surface area contributed by atoms with Gasteiger partial charge in [0.2, 0.25) is 5.91 Å². The van der Waals surface area contributed by atoms with Gasteiger partial charge in [0.15, 0.2) is 0 Å². The maximum atomic E-state index is 12.1. The number of amides is 1. The van der Waals surface area contributed by atoms with Gasteiger partial charge >= 0.3 is 5.97 Å². The second-order valence-corrected chi connectivity index (χ2v) is 7.93. The van der Waals surface area contributed by atoms with Crippen LogP contribution in [0.15, 0.2) is 6.33 Å². The summed E-state index contributed by atoms with van der Waals surface area (Å²) in [5.74, 6) is -0.0116. The van der Waals surface area contributed by atoms with Crippen molar-refractivity contribution in [2.75, 3.05) is 31.1 Å². The first-order chi connectivity index (χ1) is 12.6. The summed E-state index contributed by atoms with van der Waals surface area (Å²) >= 11 is 1.79. The molecule has 8 heteroatoms. The van der Waals surface area contributed by atoms with Gasteiger partial charge in [0.05, 0.1) is 11.8 Å². The summed E-state index contributed by atoms with van der Waals surface area (Å²) in [5, 5.41) is 9.94. The van der Waals surface area contributed by atoms with E-state index < -0.39 is 5.97 Å². The third-order valence-corrected chi connectivity index (χ3v) is 6.42. The molecule has 0 bridgehead atoms. The number of anilines is 1. The Morgan fingerprint density at radius 1 is 1.08 bits per heavy atom. The fourth-order valence-electron chi connectivity index (χ4n) is 3.85. The molecule has 3 heterocycles. The third kappa shape index (κ3) is 3.25. The molecule has 26 heavy (non-hydrogen) atoms. The van der Waals surface area contributed by atoms with Crippen molar-refractivity contribution < 1.29 is 14.7 Å². The van der Waals surface area contributed by atoms with E-state index in [-0.39, 0.29) is 18.7 Å². The Bertz CT molecular complexity index is 842. The fraction of sp³-hybridized carbons (Fsp3) is 0.556. The highest BCUT2D eigenvalue weighted by atomic mass is 32.1. The van der Waals surface area contributed by atoms with Crippen molar-refractivity contribution in [2.24, 2.45) is 0 Å². The van der Waals surface area contributed by atoms with E-state index in [1.807, 2.05) is 0 Å². The van der Waals surface area contributed by atoms with Crippen molar-refractivity contribution in [3.63, 3.8) is 0 Å². The average molecular weight is 374 g/mol. The number of hydrogen-bond donors (Lipinski definition) is 1. The van der Waals surface area contributed by atoms with E-state index in [0.29, 0.717) is 13.1 Å². The molecule has 0 spiro atoms. The minimum absolute atomic E-state index is 0.0745.